The van der Waals surface area contributed by atoms with Crippen molar-refractivity contribution < 1.29 is 14.3 Å². The number of aromatic nitrogens is 3. The van der Waals surface area contributed by atoms with Gasteiger partial charge in [-0.3, -0.25) is 14.8 Å². The Morgan fingerprint density at radius 3 is 2.79 bits per heavy atom. The third-order valence-corrected chi connectivity index (χ3v) is 4.62. The number of thiazole rings is 1. The van der Waals surface area contributed by atoms with Crippen molar-refractivity contribution in [3.8, 4) is 11.5 Å². The number of fused-ring (bicyclic) bond motifs is 2. The number of hydrogen-bond acceptors (Lipinski definition) is 6. The molecule has 0 unspecified atom stereocenters. The van der Waals surface area contributed by atoms with E-state index in [1.807, 2.05) is 32.9 Å². The average Bonchev–Trinajstić information content (AvgIpc) is 3.21. The SMILES string of the molecule is Cc1cc(C(=O)Nc2nc3cc4c(cc3s2)OCO4)n(C(C)C)n1. The molecule has 3 heterocycles. The Morgan fingerprint density at radius 1 is 1.29 bits per heavy atom. The zero-order chi connectivity index (χ0) is 16.8. The largest absolute Gasteiger partial charge is 0.454 e. The predicted octanol–water partition coefficient (Wildman–Crippen LogP) is 3.36. The molecule has 1 N–H and O–H groups in total. The Bertz CT molecular complexity index is 903. The van der Waals surface area contributed by atoms with Gasteiger partial charge in [0.05, 0.1) is 15.9 Å². The molecular weight excluding hydrogens is 328 g/mol. The third kappa shape index (κ3) is 2.48. The second-order valence-electron chi connectivity index (χ2n) is 5.86. The highest BCUT2D eigenvalue weighted by Crippen LogP contribution is 2.39. The summed E-state index contributed by atoms with van der Waals surface area (Å²) in [6, 6.07) is 5.59. The van der Waals surface area contributed by atoms with Gasteiger partial charge in [-0.15, -0.1) is 0 Å². The van der Waals surface area contributed by atoms with Crippen LogP contribution in [0.4, 0.5) is 5.13 Å². The summed E-state index contributed by atoms with van der Waals surface area (Å²) in [6.07, 6.45) is 0. The smallest absolute Gasteiger partial charge is 0.275 e. The lowest BCUT2D eigenvalue weighted by atomic mass is 10.3. The van der Waals surface area contributed by atoms with E-state index in [9.17, 15) is 4.79 Å². The van der Waals surface area contributed by atoms with Crippen molar-refractivity contribution in [1.29, 1.82) is 0 Å². The van der Waals surface area contributed by atoms with Crippen LogP contribution in [0, 0.1) is 6.92 Å². The molecule has 8 heteroatoms. The van der Waals surface area contributed by atoms with E-state index in [0.717, 1.165) is 15.9 Å². The zero-order valence-corrected chi connectivity index (χ0v) is 14.3. The maximum absolute atomic E-state index is 12.6. The number of nitrogens with one attached hydrogen (secondary N) is 1. The van der Waals surface area contributed by atoms with Crippen molar-refractivity contribution in [1.82, 2.24) is 14.8 Å². The summed E-state index contributed by atoms with van der Waals surface area (Å²) in [5.41, 5.74) is 2.10. The van der Waals surface area contributed by atoms with Crippen LogP contribution in [-0.4, -0.2) is 27.5 Å². The standard InChI is InChI=1S/C16H16N4O3S/c1-8(2)20-11(4-9(3)19-20)15(21)18-16-17-10-5-12-13(23-7-22-12)6-14(10)24-16/h4-6,8H,7H2,1-3H3,(H,17,18,21). The molecule has 0 radical (unpaired) electrons. The topological polar surface area (TPSA) is 78.3 Å². The van der Waals surface area contributed by atoms with E-state index >= 15 is 0 Å². The fourth-order valence-corrected chi connectivity index (χ4v) is 3.48. The molecule has 1 aliphatic heterocycles. The molecule has 1 aliphatic rings. The number of anilines is 1. The van der Waals surface area contributed by atoms with Crippen LogP contribution in [-0.2, 0) is 0 Å². The summed E-state index contributed by atoms with van der Waals surface area (Å²) >= 11 is 1.40. The number of carbonyl (C=O) groups is 1. The number of aryl methyl sites for hydroxylation is 1. The minimum atomic E-state index is -0.219. The second-order valence-corrected chi connectivity index (χ2v) is 6.89. The lowest BCUT2D eigenvalue weighted by Crippen LogP contribution is -2.18. The highest BCUT2D eigenvalue weighted by Gasteiger charge is 2.19. The first-order valence-corrected chi connectivity index (χ1v) is 8.40. The van der Waals surface area contributed by atoms with Crippen molar-refractivity contribution in [2.45, 2.75) is 26.8 Å². The molecule has 0 spiro atoms. The average molecular weight is 344 g/mol. The minimum absolute atomic E-state index is 0.104. The van der Waals surface area contributed by atoms with Gasteiger partial charge in [-0.2, -0.15) is 5.10 Å². The van der Waals surface area contributed by atoms with Crippen molar-refractivity contribution in [2.75, 3.05) is 12.1 Å². The maximum Gasteiger partial charge on any atom is 0.275 e. The molecule has 0 aliphatic carbocycles. The first kappa shape index (κ1) is 14.9. The van der Waals surface area contributed by atoms with Crippen LogP contribution in [0.5, 0.6) is 11.5 Å². The fourth-order valence-electron chi connectivity index (χ4n) is 2.61. The number of hydrogen-bond donors (Lipinski definition) is 1. The molecule has 2 aromatic heterocycles. The van der Waals surface area contributed by atoms with Crippen molar-refractivity contribution in [3.05, 3.63) is 29.6 Å². The lowest BCUT2D eigenvalue weighted by Gasteiger charge is -2.09. The Morgan fingerprint density at radius 2 is 2.04 bits per heavy atom. The second kappa shape index (κ2) is 5.48. The first-order valence-electron chi connectivity index (χ1n) is 7.59. The molecule has 0 atom stereocenters. The highest BCUT2D eigenvalue weighted by atomic mass is 32.1. The number of amides is 1. The quantitative estimate of drug-likeness (QED) is 0.788. The van der Waals surface area contributed by atoms with Crippen LogP contribution in [0.2, 0.25) is 0 Å². The van der Waals surface area contributed by atoms with Gasteiger partial charge in [0, 0.05) is 18.2 Å². The van der Waals surface area contributed by atoms with E-state index in [1.165, 1.54) is 11.3 Å². The summed E-state index contributed by atoms with van der Waals surface area (Å²) in [5, 5.41) is 7.76. The van der Waals surface area contributed by atoms with Gasteiger partial charge in [0.2, 0.25) is 6.79 Å². The van der Waals surface area contributed by atoms with Crippen molar-refractivity contribution >= 4 is 32.6 Å². The monoisotopic (exact) mass is 344 g/mol. The molecule has 0 saturated heterocycles. The Labute approximate surface area is 142 Å². The highest BCUT2D eigenvalue weighted by molar-refractivity contribution is 7.22. The molecule has 1 aromatic carbocycles. The van der Waals surface area contributed by atoms with E-state index in [-0.39, 0.29) is 18.7 Å². The van der Waals surface area contributed by atoms with Gasteiger partial charge in [-0.25, -0.2) is 4.98 Å². The van der Waals surface area contributed by atoms with Crippen LogP contribution >= 0.6 is 11.3 Å². The Hall–Kier alpha value is -2.61. The van der Waals surface area contributed by atoms with Gasteiger partial charge in [0.1, 0.15) is 5.69 Å². The van der Waals surface area contributed by atoms with E-state index in [4.69, 9.17) is 9.47 Å². The Balaban J connectivity index is 1.63. The molecule has 1 amide bonds. The van der Waals surface area contributed by atoms with Crippen LogP contribution in [0.15, 0.2) is 18.2 Å². The van der Waals surface area contributed by atoms with Gasteiger partial charge >= 0.3 is 0 Å². The number of nitrogens with zero attached hydrogens (tertiary/aromatic N) is 3. The lowest BCUT2D eigenvalue weighted by molar-refractivity contribution is 0.101. The zero-order valence-electron chi connectivity index (χ0n) is 13.5. The Kier molecular flexibility index (Phi) is 3.42. The summed E-state index contributed by atoms with van der Waals surface area (Å²) < 4.78 is 13.4. The minimum Gasteiger partial charge on any atom is -0.454 e. The first-order chi connectivity index (χ1) is 11.5. The van der Waals surface area contributed by atoms with Crippen LogP contribution in [0.3, 0.4) is 0 Å². The molecule has 0 saturated carbocycles. The van der Waals surface area contributed by atoms with E-state index in [1.54, 1.807) is 10.7 Å². The van der Waals surface area contributed by atoms with Gasteiger partial charge in [-0.05, 0) is 26.8 Å². The molecule has 124 valence electrons. The molecule has 24 heavy (non-hydrogen) atoms. The van der Waals surface area contributed by atoms with Crippen molar-refractivity contribution in [2.24, 2.45) is 0 Å². The van der Waals surface area contributed by atoms with Gasteiger partial charge < -0.3 is 9.47 Å². The van der Waals surface area contributed by atoms with E-state index in [2.05, 4.69) is 15.4 Å². The molecule has 7 nitrogen and oxygen atoms in total. The number of benzene rings is 1. The maximum atomic E-state index is 12.6. The van der Waals surface area contributed by atoms with Gasteiger partial charge in [-0.1, -0.05) is 11.3 Å². The summed E-state index contributed by atoms with van der Waals surface area (Å²) in [7, 11) is 0. The number of carbonyl (C=O) groups excluding carboxylic acids is 1. The van der Waals surface area contributed by atoms with Crippen LogP contribution < -0.4 is 14.8 Å². The third-order valence-electron chi connectivity index (χ3n) is 3.68. The molecule has 3 aromatic rings. The predicted molar refractivity (Wildman–Crippen MR) is 91.0 cm³/mol. The number of ether oxygens (including phenoxy) is 2. The number of rotatable bonds is 3. The summed E-state index contributed by atoms with van der Waals surface area (Å²) in [5.74, 6) is 1.17. The van der Waals surface area contributed by atoms with Crippen molar-refractivity contribution in [3.63, 3.8) is 0 Å². The molecule has 0 fully saturated rings. The fraction of sp³-hybridized carbons (Fsp3) is 0.312. The summed E-state index contributed by atoms with van der Waals surface area (Å²) in [4.78, 5) is 17.0. The van der Waals surface area contributed by atoms with Gasteiger partial charge in [0.15, 0.2) is 16.6 Å². The van der Waals surface area contributed by atoms with E-state index < -0.39 is 0 Å². The normalized spacial score (nSPS) is 13.0. The van der Waals surface area contributed by atoms with E-state index in [0.29, 0.717) is 22.3 Å². The van der Waals surface area contributed by atoms with Crippen LogP contribution in [0.25, 0.3) is 10.2 Å². The van der Waals surface area contributed by atoms with Crippen LogP contribution in [0.1, 0.15) is 36.1 Å². The molecule has 4 rings (SSSR count). The van der Waals surface area contributed by atoms with Gasteiger partial charge in [0.25, 0.3) is 5.91 Å². The molecule has 0 bridgehead atoms. The summed E-state index contributed by atoms with van der Waals surface area (Å²) in [6.45, 7) is 6.08. The molecular formula is C16H16N4O3S.